The van der Waals surface area contributed by atoms with E-state index in [1.54, 1.807) is 49.4 Å². The summed E-state index contributed by atoms with van der Waals surface area (Å²) in [5.41, 5.74) is 1.87. The van der Waals surface area contributed by atoms with E-state index in [4.69, 9.17) is 0 Å². The number of halogens is 1. The van der Waals surface area contributed by atoms with Crippen LogP contribution < -0.4 is 10.1 Å². The maximum Gasteiger partial charge on any atom is 0.276 e. The van der Waals surface area contributed by atoms with Crippen molar-refractivity contribution in [2.75, 3.05) is 5.32 Å². The van der Waals surface area contributed by atoms with Crippen molar-refractivity contribution in [2.45, 2.75) is 11.8 Å². The Morgan fingerprint density at radius 3 is 2.32 bits per heavy atom. The van der Waals surface area contributed by atoms with Gasteiger partial charge < -0.3 is 5.32 Å². The number of benzene rings is 2. The molecule has 0 aliphatic rings. The van der Waals surface area contributed by atoms with Gasteiger partial charge in [-0.1, -0.05) is 34.1 Å². The highest BCUT2D eigenvalue weighted by Crippen LogP contribution is 2.16. The first-order chi connectivity index (χ1) is 13.3. The number of anilines is 1. The minimum Gasteiger partial charge on any atom is -0.321 e. The van der Waals surface area contributed by atoms with Crippen molar-refractivity contribution < 1.29 is 13.2 Å². The number of rotatable bonds is 6. The molecule has 0 saturated carbocycles. The lowest BCUT2D eigenvalue weighted by molar-refractivity contribution is 0.103. The highest BCUT2D eigenvalue weighted by molar-refractivity contribution is 9.10. The topological polar surface area (TPSA) is 87.6 Å². The molecule has 0 spiro atoms. The van der Waals surface area contributed by atoms with Gasteiger partial charge in [0, 0.05) is 10.2 Å². The summed E-state index contributed by atoms with van der Waals surface area (Å²) in [6, 6.07) is 16.8. The first-order valence-electron chi connectivity index (χ1n) is 8.12. The van der Waals surface area contributed by atoms with Crippen molar-refractivity contribution in [2.24, 2.45) is 5.10 Å². The zero-order valence-electron chi connectivity index (χ0n) is 14.7. The van der Waals surface area contributed by atoms with Crippen LogP contribution in [0.2, 0.25) is 0 Å². The van der Waals surface area contributed by atoms with E-state index in [1.807, 2.05) is 11.4 Å². The van der Waals surface area contributed by atoms with E-state index in [2.05, 4.69) is 31.2 Å². The zero-order valence-corrected chi connectivity index (χ0v) is 17.9. The number of thiophene rings is 1. The van der Waals surface area contributed by atoms with Gasteiger partial charge in [-0.25, -0.2) is 0 Å². The summed E-state index contributed by atoms with van der Waals surface area (Å²) in [6.07, 6.45) is 0. The van der Waals surface area contributed by atoms with Crippen LogP contribution in [-0.2, 0) is 10.0 Å². The van der Waals surface area contributed by atoms with E-state index in [1.165, 1.54) is 23.5 Å². The van der Waals surface area contributed by atoms with Crippen molar-refractivity contribution >= 4 is 54.6 Å². The van der Waals surface area contributed by atoms with E-state index in [0.717, 1.165) is 10.0 Å². The van der Waals surface area contributed by atoms with Crippen LogP contribution in [0.15, 0.2) is 80.5 Å². The lowest BCUT2D eigenvalue weighted by atomic mass is 10.1. The van der Waals surface area contributed by atoms with Gasteiger partial charge in [0.15, 0.2) is 0 Å². The number of nitrogens with one attached hydrogen (secondary N) is 2. The molecule has 0 saturated heterocycles. The van der Waals surface area contributed by atoms with Crippen LogP contribution in [0.25, 0.3) is 0 Å². The average Bonchev–Trinajstić information content (AvgIpc) is 3.22. The normalized spacial score (nSPS) is 11.9. The molecule has 2 N–H and O–H groups in total. The fraction of sp³-hybridized carbons (Fsp3) is 0.0526. The largest absolute Gasteiger partial charge is 0.321 e. The molecular weight excluding hydrogens is 462 g/mol. The molecule has 3 rings (SSSR count). The minimum absolute atomic E-state index is 0.124. The number of hydrogen-bond donors (Lipinski definition) is 2. The van der Waals surface area contributed by atoms with Crippen LogP contribution >= 0.6 is 27.3 Å². The summed E-state index contributed by atoms with van der Waals surface area (Å²) < 4.78 is 25.4. The predicted octanol–water partition coefficient (Wildman–Crippen LogP) is 4.47. The van der Waals surface area contributed by atoms with Gasteiger partial charge in [-0.3, -0.25) is 4.79 Å². The minimum atomic E-state index is -3.74. The molecule has 28 heavy (non-hydrogen) atoms. The standard InChI is InChI=1S/C19H16BrN3O3S2/c1-13(22-23-28(25,26)17-10-6-15(20)7-11-17)14-4-8-16(9-5-14)21-19(24)18-3-2-12-27-18/h2-12,23H,1H3,(H,21,24)/b22-13-. The van der Waals surface area contributed by atoms with E-state index in [-0.39, 0.29) is 10.8 Å². The highest BCUT2D eigenvalue weighted by Gasteiger charge is 2.13. The number of sulfonamides is 1. The second kappa shape index (κ2) is 8.68. The summed E-state index contributed by atoms with van der Waals surface area (Å²) in [7, 11) is -3.74. The van der Waals surface area contributed by atoms with Gasteiger partial charge in [0.05, 0.1) is 15.5 Å². The molecule has 0 aliphatic carbocycles. The van der Waals surface area contributed by atoms with Crippen LogP contribution in [0.3, 0.4) is 0 Å². The summed E-state index contributed by atoms with van der Waals surface area (Å²) >= 11 is 4.64. The lowest BCUT2D eigenvalue weighted by Crippen LogP contribution is -2.20. The van der Waals surface area contributed by atoms with Gasteiger partial charge in [-0.05, 0) is 60.3 Å². The van der Waals surface area contributed by atoms with E-state index in [9.17, 15) is 13.2 Å². The Morgan fingerprint density at radius 2 is 1.71 bits per heavy atom. The van der Waals surface area contributed by atoms with Crippen molar-refractivity contribution in [3.05, 3.63) is 81.0 Å². The quantitative estimate of drug-likeness (QED) is 0.405. The smallest absolute Gasteiger partial charge is 0.276 e. The maximum atomic E-state index is 12.3. The second-order valence-electron chi connectivity index (χ2n) is 5.75. The van der Waals surface area contributed by atoms with Crippen molar-refractivity contribution in [1.29, 1.82) is 0 Å². The van der Waals surface area contributed by atoms with E-state index >= 15 is 0 Å². The first-order valence-corrected chi connectivity index (χ1v) is 11.3. The summed E-state index contributed by atoms with van der Waals surface area (Å²) in [4.78, 5) is 15.0. The molecule has 0 unspecified atom stereocenters. The van der Waals surface area contributed by atoms with Gasteiger partial charge in [-0.2, -0.15) is 18.4 Å². The molecule has 1 amide bonds. The second-order valence-corrected chi connectivity index (χ2v) is 9.28. The molecule has 1 heterocycles. The fourth-order valence-electron chi connectivity index (χ4n) is 2.25. The molecule has 3 aromatic rings. The fourth-order valence-corrected chi connectivity index (χ4v) is 3.99. The Bertz CT molecular complexity index is 1090. The molecule has 6 nitrogen and oxygen atoms in total. The number of amides is 1. The summed E-state index contributed by atoms with van der Waals surface area (Å²) in [6.45, 7) is 1.70. The molecule has 144 valence electrons. The molecule has 0 radical (unpaired) electrons. The Labute approximate surface area is 175 Å². The van der Waals surface area contributed by atoms with E-state index in [0.29, 0.717) is 16.3 Å². The first kappa shape index (κ1) is 20.2. The predicted molar refractivity (Wildman–Crippen MR) is 115 cm³/mol. The third-order valence-electron chi connectivity index (χ3n) is 3.76. The molecular formula is C19H16BrN3O3S2. The SMILES string of the molecule is C/C(=N/NS(=O)(=O)c1ccc(Br)cc1)c1ccc(NC(=O)c2cccs2)cc1. The molecule has 9 heteroatoms. The Balaban J connectivity index is 1.67. The monoisotopic (exact) mass is 477 g/mol. The lowest BCUT2D eigenvalue weighted by Gasteiger charge is -2.07. The number of hydrazone groups is 1. The third-order valence-corrected chi connectivity index (χ3v) is 6.38. The number of nitrogens with zero attached hydrogens (tertiary/aromatic N) is 1. The molecule has 1 aromatic heterocycles. The summed E-state index contributed by atoms with van der Waals surface area (Å²) in [5.74, 6) is -0.171. The number of carbonyl (C=O) groups excluding carboxylic acids is 1. The third kappa shape index (κ3) is 5.06. The van der Waals surface area contributed by atoms with Crippen LogP contribution in [0, 0.1) is 0 Å². The Morgan fingerprint density at radius 1 is 1.04 bits per heavy atom. The van der Waals surface area contributed by atoms with Crippen molar-refractivity contribution in [1.82, 2.24) is 4.83 Å². The van der Waals surface area contributed by atoms with Crippen LogP contribution in [0.1, 0.15) is 22.2 Å². The molecule has 0 atom stereocenters. The number of hydrogen-bond acceptors (Lipinski definition) is 5. The average molecular weight is 478 g/mol. The van der Waals surface area contributed by atoms with Gasteiger partial charge in [-0.15, -0.1) is 11.3 Å². The Hall–Kier alpha value is -2.49. The maximum absolute atomic E-state index is 12.3. The van der Waals surface area contributed by atoms with E-state index < -0.39 is 10.0 Å². The highest BCUT2D eigenvalue weighted by atomic mass is 79.9. The van der Waals surface area contributed by atoms with Crippen LogP contribution in [0.4, 0.5) is 5.69 Å². The van der Waals surface area contributed by atoms with Gasteiger partial charge in [0.25, 0.3) is 15.9 Å². The summed E-state index contributed by atoms with van der Waals surface area (Å²) in [5, 5.41) is 8.63. The molecule has 0 bridgehead atoms. The van der Waals surface area contributed by atoms with Crippen molar-refractivity contribution in [3.63, 3.8) is 0 Å². The Kier molecular flexibility index (Phi) is 6.28. The molecule has 0 aliphatic heterocycles. The molecule has 2 aromatic carbocycles. The van der Waals surface area contributed by atoms with Gasteiger partial charge >= 0.3 is 0 Å². The van der Waals surface area contributed by atoms with Gasteiger partial charge in [0.1, 0.15) is 0 Å². The number of carbonyl (C=O) groups is 1. The molecule has 0 fully saturated rings. The van der Waals surface area contributed by atoms with Crippen LogP contribution in [-0.4, -0.2) is 20.0 Å². The zero-order chi connectivity index (χ0) is 20.1. The van der Waals surface area contributed by atoms with Gasteiger partial charge in [0.2, 0.25) is 0 Å². The van der Waals surface area contributed by atoms with Crippen LogP contribution in [0.5, 0.6) is 0 Å². The van der Waals surface area contributed by atoms with Crippen molar-refractivity contribution in [3.8, 4) is 0 Å².